The lowest BCUT2D eigenvalue weighted by Crippen LogP contribution is -2.07. The Hall–Kier alpha value is -1.73. The highest BCUT2D eigenvalue weighted by molar-refractivity contribution is 7.09. The van der Waals surface area contributed by atoms with E-state index in [1.165, 1.54) is 0 Å². The summed E-state index contributed by atoms with van der Waals surface area (Å²) < 4.78 is 0. The minimum absolute atomic E-state index is 0.198. The van der Waals surface area contributed by atoms with Crippen molar-refractivity contribution in [1.82, 2.24) is 25.1 Å². The molecule has 6 nitrogen and oxygen atoms in total. The SMILES string of the molecule is Cc1nc(CCNc2nc(Cl)nc3[nH]ncc23)cs1. The first-order chi connectivity index (χ1) is 9.22. The quantitative estimate of drug-likeness (QED) is 0.723. The third-order valence-corrected chi connectivity index (χ3v) is 3.61. The molecule has 3 heterocycles. The van der Waals surface area contributed by atoms with Crippen LogP contribution in [0.1, 0.15) is 10.7 Å². The van der Waals surface area contributed by atoms with Crippen molar-refractivity contribution in [1.29, 1.82) is 0 Å². The van der Waals surface area contributed by atoms with E-state index in [0.717, 1.165) is 29.1 Å². The molecular weight excluding hydrogens is 284 g/mol. The highest BCUT2D eigenvalue weighted by Crippen LogP contribution is 2.19. The topological polar surface area (TPSA) is 79.4 Å². The Morgan fingerprint density at radius 1 is 1.37 bits per heavy atom. The fraction of sp³-hybridized carbons (Fsp3) is 0.273. The Morgan fingerprint density at radius 3 is 3.05 bits per heavy atom. The van der Waals surface area contributed by atoms with Crippen molar-refractivity contribution in [2.75, 3.05) is 11.9 Å². The third-order valence-electron chi connectivity index (χ3n) is 2.62. The maximum atomic E-state index is 5.86. The molecule has 0 aliphatic heterocycles. The number of aryl methyl sites for hydroxylation is 1. The van der Waals surface area contributed by atoms with Gasteiger partial charge in [-0.05, 0) is 18.5 Å². The summed E-state index contributed by atoms with van der Waals surface area (Å²) in [5.41, 5.74) is 1.71. The van der Waals surface area contributed by atoms with E-state index in [1.54, 1.807) is 17.5 Å². The number of fused-ring (bicyclic) bond motifs is 1. The van der Waals surface area contributed by atoms with Gasteiger partial charge in [-0.1, -0.05) is 0 Å². The summed E-state index contributed by atoms with van der Waals surface area (Å²) in [6.07, 6.45) is 2.52. The molecule has 0 fully saturated rings. The maximum absolute atomic E-state index is 5.86. The number of nitrogens with zero attached hydrogens (tertiary/aromatic N) is 4. The maximum Gasteiger partial charge on any atom is 0.226 e. The number of hydrogen-bond donors (Lipinski definition) is 2. The van der Waals surface area contributed by atoms with E-state index in [-0.39, 0.29) is 5.28 Å². The molecule has 19 heavy (non-hydrogen) atoms. The van der Waals surface area contributed by atoms with Crippen LogP contribution in [0.2, 0.25) is 5.28 Å². The van der Waals surface area contributed by atoms with Gasteiger partial charge in [0.05, 0.1) is 22.3 Å². The molecule has 0 saturated carbocycles. The number of aromatic nitrogens is 5. The largest absolute Gasteiger partial charge is 0.369 e. The van der Waals surface area contributed by atoms with E-state index < -0.39 is 0 Å². The van der Waals surface area contributed by atoms with Crippen molar-refractivity contribution in [3.05, 3.63) is 27.6 Å². The summed E-state index contributed by atoms with van der Waals surface area (Å²) in [6.45, 7) is 2.73. The van der Waals surface area contributed by atoms with Crippen LogP contribution >= 0.6 is 22.9 Å². The van der Waals surface area contributed by atoms with Gasteiger partial charge in [-0.2, -0.15) is 15.1 Å². The van der Waals surface area contributed by atoms with Crippen LogP contribution in [0, 0.1) is 6.92 Å². The molecule has 0 atom stereocenters. The van der Waals surface area contributed by atoms with Crippen LogP contribution in [0.25, 0.3) is 11.0 Å². The van der Waals surface area contributed by atoms with E-state index >= 15 is 0 Å². The normalized spacial score (nSPS) is 11.1. The molecule has 0 bridgehead atoms. The van der Waals surface area contributed by atoms with Gasteiger partial charge in [0, 0.05) is 18.3 Å². The predicted octanol–water partition coefficient (Wildman–Crippen LogP) is 2.43. The number of hydrogen-bond acceptors (Lipinski definition) is 6. The summed E-state index contributed by atoms with van der Waals surface area (Å²) in [6, 6.07) is 0. The molecule has 2 N–H and O–H groups in total. The molecule has 0 aliphatic rings. The Kier molecular flexibility index (Phi) is 3.31. The highest BCUT2D eigenvalue weighted by atomic mass is 35.5. The van der Waals surface area contributed by atoms with Gasteiger partial charge >= 0.3 is 0 Å². The second-order valence-electron chi connectivity index (χ2n) is 4.01. The number of anilines is 1. The fourth-order valence-electron chi connectivity index (χ4n) is 1.77. The monoisotopic (exact) mass is 294 g/mol. The molecular formula is C11H11ClN6S. The summed E-state index contributed by atoms with van der Waals surface area (Å²) in [5, 5.41) is 14.1. The van der Waals surface area contributed by atoms with Crippen LogP contribution in [0.15, 0.2) is 11.6 Å². The summed E-state index contributed by atoms with van der Waals surface area (Å²) in [4.78, 5) is 12.6. The van der Waals surface area contributed by atoms with Gasteiger partial charge in [-0.15, -0.1) is 11.3 Å². The van der Waals surface area contributed by atoms with Gasteiger partial charge in [0.1, 0.15) is 5.82 Å². The minimum atomic E-state index is 0.198. The lowest BCUT2D eigenvalue weighted by atomic mass is 10.3. The second kappa shape index (κ2) is 5.10. The molecule has 8 heteroatoms. The molecule has 0 saturated heterocycles. The first kappa shape index (κ1) is 12.3. The van der Waals surface area contributed by atoms with E-state index in [2.05, 4.69) is 35.8 Å². The number of rotatable bonds is 4. The Morgan fingerprint density at radius 2 is 2.26 bits per heavy atom. The Balaban J connectivity index is 1.73. The summed E-state index contributed by atoms with van der Waals surface area (Å²) in [5.74, 6) is 0.690. The lowest BCUT2D eigenvalue weighted by molar-refractivity contribution is 0.961. The summed E-state index contributed by atoms with van der Waals surface area (Å²) in [7, 11) is 0. The van der Waals surface area contributed by atoms with Crippen molar-refractivity contribution in [2.24, 2.45) is 0 Å². The molecule has 3 aromatic heterocycles. The van der Waals surface area contributed by atoms with Crippen molar-refractivity contribution >= 4 is 39.8 Å². The minimum Gasteiger partial charge on any atom is -0.369 e. The molecule has 0 amide bonds. The van der Waals surface area contributed by atoms with Gasteiger partial charge in [-0.3, -0.25) is 5.10 Å². The van der Waals surface area contributed by atoms with Gasteiger partial charge in [-0.25, -0.2) is 4.98 Å². The van der Waals surface area contributed by atoms with Crippen molar-refractivity contribution in [3.63, 3.8) is 0 Å². The van der Waals surface area contributed by atoms with Crippen LogP contribution < -0.4 is 5.32 Å². The van der Waals surface area contributed by atoms with Crippen LogP contribution in [0.3, 0.4) is 0 Å². The van der Waals surface area contributed by atoms with Crippen molar-refractivity contribution in [3.8, 4) is 0 Å². The standard InChI is InChI=1S/C11H11ClN6S/c1-6-15-7(5-19-6)2-3-13-9-8-4-14-18-10(8)17-11(12)16-9/h4-5H,2-3H2,1H3,(H2,13,14,16,17,18). The fourth-order valence-corrected chi connectivity index (χ4v) is 2.59. The van der Waals surface area contributed by atoms with Gasteiger partial charge in [0.2, 0.25) is 5.28 Å². The van der Waals surface area contributed by atoms with Crippen LogP contribution in [-0.2, 0) is 6.42 Å². The van der Waals surface area contributed by atoms with Crippen LogP contribution in [-0.4, -0.2) is 31.7 Å². The lowest BCUT2D eigenvalue weighted by Gasteiger charge is -2.05. The Bertz CT molecular complexity index is 706. The number of H-pyrrole nitrogens is 1. The van der Waals surface area contributed by atoms with E-state index in [4.69, 9.17) is 11.6 Å². The van der Waals surface area contributed by atoms with E-state index in [1.807, 2.05) is 6.92 Å². The smallest absolute Gasteiger partial charge is 0.226 e. The van der Waals surface area contributed by atoms with E-state index in [0.29, 0.717) is 11.5 Å². The molecule has 3 rings (SSSR count). The average molecular weight is 295 g/mol. The predicted molar refractivity (Wildman–Crippen MR) is 75.7 cm³/mol. The van der Waals surface area contributed by atoms with Gasteiger partial charge in [0.15, 0.2) is 5.65 Å². The molecule has 0 spiro atoms. The molecule has 0 radical (unpaired) electrons. The Labute approximate surface area is 118 Å². The first-order valence-corrected chi connectivity index (χ1v) is 6.99. The zero-order valence-electron chi connectivity index (χ0n) is 10.1. The molecule has 3 aromatic rings. The van der Waals surface area contributed by atoms with E-state index in [9.17, 15) is 0 Å². The zero-order valence-corrected chi connectivity index (χ0v) is 11.7. The first-order valence-electron chi connectivity index (χ1n) is 5.74. The van der Waals surface area contributed by atoms with Gasteiger partial charge in [0.25, 0.3) is 0 Å². The van der Waals surface area contributed by atoms with Crippen molar-refractivity contribution in [2.45, 2.75) is 13.3 Å². The zero-order chi connectivity index (χ0) is 13.2. The van der Waals surface area contributed by atoms with Crippen LogP contribution in [0.5, 0.6) is 0 Å². The molecule has 0 aliphatic carbocycles. The number of halogens is 1. The number of thiazole rings is 1. The van der Waals surface area contributed by atoms with Crippen molar-refractivity contribution < 1.29 is 0 Å². The molecule has 0 unspecified atom stereocenters. The third kappa shape index (κ3) is 2.66. The molecule has 0 aromatic carbocycles. The number of nitrogens with one attached hydrogen (secondary N) is 2. The number of aromatic amines is 1. The van der Waals surface area contributed by atoms with Crippen LogP contribution in [0.4, 0.5) is 5.82 Å². The van der Waals surface area contributed by atoms with Gasteiger partial charge < -0.3 is 5.32 Å². The highest BCUT2D eigenvalue weighted by Gasteiger charge is 2.08. The average Bonchev–Trinajstić information content (AvgIpc) is 2.98. The summed E-state index contributed by atoms with van der Waals surface area (Å²) >= 11 is 7.52. The second-order valence-corrected chi connectivity index (χ2v) is 5.41. The molecule has 98 valence electrons.